The molecule has 78 valence electrons. The van der Waals surface area contributed by atoms with Crippen LogP contribution in [0.3, 0.4) is 0 Å². The Morgan fingerprint density at radius 1 is 1.47 bits per heavy atom. The van der Waals surface area contributed by atoms with Gasteiger partial charge in [-0.25, -0.2) is 0 Å². The van der Waals surface area contributed by atoms with E-state index in [1.807, 2.05) is 0 Å². The standard InChI is InChI=1S/C10H11N3OS/c11-7-8-1-4-12-13-10(8)15-9-2-5-14-6-3-9/h1,4,9H,2-3,5-6H2. The fraction of sp³-hybridized carbons (Fsp3) is 0.500. The highest BCUT2D eigenvalue weighted by molar-refractivity contribution is 7.99. The van der Waals surface area contributed by atoms with Gasteiger partial charge in [0.1, 0.15) is 11.1 Å². The summed E-state index contributed by atoms with van der Waals surface area (Å²) in [4.78, 5) is 0. The predicted molar refractivity (Wildman–Crippen MR) is 56.4 cm³/mol. The molecule has 1 aromatic heterocycles. The van der Waals surface area contributed by atoms with E-state index in [9.17, 15) is 0 Å². The van der Waals surface area contributed by atoms with Crippen molar-refractivity contribution in [1.82, 2.24) is 10.2 Å². The van der Waals surface area contributed by atoms with Gasteiger partial charge >= 0.3 is 0 Å². The summed E-state index contributed by atoms with van der Waals surface area (Å²) < 4.78 is 5.28. The molecule has 1 fully saturated rings. The number of nitrogens with zero attached hydrogens (tertiary/aromatic N) is 3. The molecule has 1 aliphatic rings. The molecule has 1 aromatic rings. The van der Waals surface area contributed by atoms with Gasteiger partial charge in [0.05, 0.1) is 11.8 Å². The highest BCUT2D eigenvalue weighted by Gasteiger charge is 2.17. The van der Waals surface area contributed by atoms with E-state index in [4.69, 9.17) is 10.00 Å². The van der Waals surface area contributed by atoms with Crippen LogP contribution in [-0.4, -0.2) is 28.7 Å². The quantitative estimate of drug-likeness (QED) is 0.759. The number of thioether (sulfide) groups is 1. The lowest BCUT2D eigenvalue weighted by Gasteiger charge is -2.20. The second kappa shape index (κ2) is 5.10. The predicted octanol–water partition coefficient (Wildman–Crippen LogP) is 1.62. The molecule has 2 heterocycles. The Balaban J connectivity index is 2.06. The maximum absolute atomic E-state index is 8.89. The Labute approximate surface area is 92.7 Å². The zero-order valence-corrected chi connectivity index (χ0v) is 9.04. The molecule has 1 saturated heterocycles. The van der Waals surface area contributed by atoms with Gasteiger partial charge < -0.3 is 4.74 Å². The molecule has 4 nitrogen and oxygen atoms in total. The Hall–Kier alpha value is -1.12. The summed E-state index contributed by atoms with van der Waals surface area (Å²) in [5.74, 6) is 0. The van der Waals surface area contributed by atoms with Gasteiger partial charge in [0.15, 0.2) is 0 Å². The van der Waals surface area contributed by atoms with E-state index in [0.717, 1.165) is 31.1 Å². The lowest BCUT2D eigenvalue weighted by molar-refractivity contribution is 0.1000. The van der Waals surface area contributed by atoms with Crippen molar-refractivity contribution in [2.45, 2.75) is 23.1 Å². The Kier molecular flexibility index (Phi) is 3.54. The average molecular weight is 221 g/mol. The minimum atomic E-state index is 0.502. The van der Waals surface area contributed by atoms with E-state index in [2.05, 4.69) is 16.3 Å². The number of rotatable bonds is 2. The minimum Gasteiger partial charge on any atom is -0.381 e. The fourth-order valence-electron chi connectivity index (χ4n) is 1.44. The highest BCUT2D eigenvalue weighted by atomic mass is 32.2. The third-order valence-electron chi connectivity index (χ3n) is 2.25. The van der Waals surface area contributed by atoms with Crippen LogP contribution in [0.15, 0.2) is 17.3 Å². The van der Waals surface area contributed by atoms with E-state index in [-0.39, 0.29) is 0 Å². The largest absolute Gasteiger partial charge is 0.381 e. The van der Waals surface area contributed by atoms with Crippen LogP contribution < -0.4 is 0 Å². The number of aromatic nitrogens is 2. The summed E-state index contributed by atoms with van der Waals surface area (Å²) in [5.41, 5.74) is 0.612. The van der Waals surface area contributed by atoms with E-state index < -0.39 is 0 Å². The number of hydrogen-bond donors (Lipinski definition) is 0. The molecule has 1 aliphatic heterocycles. The summed E-state index contributed by atoms with van der Waals surface area (Å²) in [6.07, 6.45) is 3.59. The summed E-state index contributed by atoms with van der Waals surface area (Å²) >= 11 is 1.64. The average Bonchev–Trinajstić information content (AvgIpc) is 2.31. The molecular formula is C10H11N3OS. The van der Waals surface area contributed by atoms with Crippen molar-refractivity contribution in [3.8, 4) is 6.07 Å². The van der Waals surface area contributed by atoms with Crippen LogP contribution in [0, 0.1) is 11.3 Å². The topological polar surface area (TPSA) is 58.8 Å². The van der Waals surface area contributed by atoms with Crippen molar-refractivity contribution < 1.29 is 4.74 Å². The second-order valence-electron chi connectivity index (χ2n) is 3.29. The monoisotopic (exact) mass is 221 g/mol. The van der Waals surface area contributed by atoms with Gasteiger partial charge in [0.25, 0.3) is 0 Å². The zero-order chi connectivity index (χ0) is 10.5. The van der Waals surface area contributed by atoms with Gasteiger partial charge in [0.2, 0.25) is 0 Å². The number of ether oxygens (including phenoxy) is 1. The molecule has 5 heteroatoms. The molecule has 0 atom stereocenters. The normalized spacial score (nSPS) is 17.3. The summed E-state index contributed by atoms with van der Waals surface area (Å²) in [6, 6.07) is 3.83. The third kappa shape index (κ3) is 2.67. The van der Waals surface area contributed by atoms with Crippen LogP contribution in [0.25, 0.3) is 0 Å². The lowest BCUT2D eigenvalue weighted by atomic mass is 10.2. The third-order valence-corrected chi connectivity index (χ3v) is 3.58. The van der Waals surface area contributed by atoms with Crippen LogP contribution in [0.1, 0.15) is 18.4 Å². The summed E-state index contributed by atoms with van der Waals surface area (Å²) in [7, 11) is 0. The number of hydrogen-bond acceptors (Lipinski definition) is 5. The first-order valence-electron chi connectivity index (χ1n) is 4.86. The second-order valence-corrected chi connectivity index (χ2v) is 4.58. The first-order valence-corrected chi connectivity index (χ1v) is 5.74. The SMILES string of the molecule is N#Cc1ccnnc1SC1CCOCC1. The summed E-state index contributed by atoms with van der Waals surface area (Å²) in [6.45, 7) is 1.61. The molecule has 0 aromatic carbocycles. The van der Waals surface area contributed by atoms with Gasteiger partial charge in [0, 0.05) is 18.5 Å². The van der Waals surface area contributed by atoms with Crippen molar-refractivity contribution in [3.63, 3.8) is 0 Å². The Morgan fingerprint density at radius 2 is 2.27 bits per heavy atom. The van der Waals surface area contributed by atoms with E-state index in [1.165, 1.54) is 0 Å². The van der Waals surface area contributed by atoms with E-state index >= 15 is 0 Å². The maximum Gasteiger partial charge on any atom is 0.137 e. The van der Waals surface area contributed by atoms with Gasteiger partial charge in [-0.05, 0) is 18.9 Å². The maximum atomic E-state index is 8.89. The van der Waals surface area contributed by atoms with Gasteiger partial charge in [-0.2, -0.15) is 10.4 Å². The molecule has 2 rings (SSSR count). The molecular weight excluding hydrogens is 210 g/mol. The molecule has 0 saturated carbocycles. The molecule has 0 amide bonds. The highest BCUT2D eigenvalue weighted by Crippen LogP contribution is 2.29. The van der Waals surface area contributed by atoms with Crippen LogP contribution in [0.5, 0.6) is 0 Å². The summed E-state index contributed by atoms with van der Waals surface area (Å²) in [5, 5.41) is 17.9. The van der Waals surface area contributed by atoms with Crippen molar-refractivity contribution in [3.05, 3.63) is 17.8 Å². The van der Waals surface area contributed by atoms with Crippen LogP contribution in [0.4, 0.5) is 0 Å². The van der Waals surface area contributed by atoms with Crippen molar-refractivity contribution >= 4 is 11.8 Å². The minimum absolute atomic E-state index is 0.502. The van der Waals surface area contributed by atoms with E-state index in [1.54, 1.807) is 24.0 Å². The van der Waals surface area contributed by atoms with Crippen molar-refractivity contribution in [2.24, 2.45) is 0 Å². The molecule has 0 spiro atoms. The molecule has 15 heavy (non-hydrogen) atoms. The first-order chi connectivity index (χ1) is 7.40. The van der Waals surface area contributed by atoms with Crippen molar-refractivity contribution in [2.75, 3.05) is 13.2 Å². The number of nitriles is 1. The van der Waals surface area contributed by atoms with Crippen LogP contribution in [0.2, 0.25) is 0 Å². The molecule has 0 unspecified atom stereocenters. The van der Waals surface area contributed by atoms with Crippen molar-refractivity contribution in [1.29, 1.82) is 5.26 Å². The van der Waals surface area contributed by atoms with Gasteiger partial charge in [-0.3, -0.25) is 0 Å². The van der Waals surface area contributed by atoms with Gasteiger partial charge in [-0.15, -0.1) is 5.10 Å². The van der Waals surface area contributed by atoms with Gasteiger partial charge in [-0.1, -0.05) is 11.8 Å². The molecule has 0 aliphatic carbocycles. The van der Waals surface area contributed by atoms with E-state index in [0.29, 0.717) is 10.8 Å². The fourth-order valence-corrected chi connectivity index (χ4v) is 2.52. The Bertz CT molecular complexity index is 371. The zero-order valence-electron chi connectivity index (χ0n) is 8.22. The Morgan fingerprint density at radius 3 is 3.00 bits per heavy atom. The van der Waals surface area contributed by atoms with Crippen LogP contribution in [-0.2, 0) is 4.74 Å². The molecule has 0 radical (unpaired) electrons. The molecule has 0 bridgehead atoms. The van der Waals surface area contributed by atoms with Crippen LogP contribution >= 0.6 is 11.8 Å². The lowest BCUT2D eigenvalue weighted by Crippen LogP contribution is -2.17. The first kappa shape index (κ1) is 10.4. The smallest absolute Gasteiger partial charge is 0.137 e. The molecule has 0 N–H and O–H groups in total.